The van der Waals surface area contributed by atoms with Crippen molar-refractivity contribution in [3.8, 4) is 5.69 Å². The monoisotopic (exact) mass is 472 g/mol. The second-order valence-electron chi connectivity index (χ2n) is 7.23. The van der Waals surface area contributed by atoms with Crippen LogP contribution in [0.3, 0.4) is 0 Å². The molecule has 0 N–H and O–H groups in total. The van der Waals surface area contributed by atoms with E-state index in [1.165, 1.54) is 28.0 Å². The molecule has 152 valence electrons. The zero-order chi connectivity index (χ0) is 20.8. The van der Waals surface area contributed by atoms with Gasteiger partial charge in [0, 0.05) is 4.88 Å². The standard InChI is InChI=1S/C22H17ClN2O2S3/c1-12-4-2-5-13(10-12)25-21(27)19-14-6-3-7-16(14)30-20(19)24-22(25)28-11-15(26)17-8-9-18(23)29-17/h2,4-5,8-10H,3,6-7,11H2,1H3. The maximum Gasteiger partial charge on any atom is 0.267 e. The number of benzene rings is 1. The molecule has 8 heteroatoms. The molecule has 0 atom stereocenters. The minimum atomic E-state index is -0.0425. The summed E-state index contributed by atoms with van der Waals surface area (Å²) in [4.78, 5) is 33.7. The molecule has 3 heterocycles. The van der Waals surface area contributed by atoms with Crippen LogP contribution in [0.5, 0.6) is 0 Å². The molecule has 30 heavy (non-hydrogen) atoms. The fraction of sp³-hybridized carbons (Fsp3) is 0.227. The average Bonchev–Trinajstić information content (AvgIpc) is 3.41. The number of ketones is 1. The van der Waals surface area contributed by atoms with Crippen LogP contribution in [0.1, 0.15) is 32.1 Å². The highest BCUT2D eigenvalue weighted by atomic mass is 35.5. The Bertz CT molecular complexity index is 1350. The van der Waals surface area contributed by atoms with E-state index in [1.54, 1.807) is 28.0 Å². The van der Waals surface area contributed by atoms with E-state index in [1.807, 2.05) is 31.2 Å². The smallest absolute Gasteiger partial charge is 0.267 e. The first-order valence-corrected chi connectivity index (χ1v) is 12.6. The van der Waals surface area contributed by atoms with Gasteiger partial charge in [0.25, 0.3) is 5.56 Å². The maximum absolute atomic E-state index is 13.6. The Morgan fingerprint density at radius 1 is 1.23 bits per heavy atom. The fourth-order valence-electron chi connectivity index (χ4n) is 3.78. The summed E-state index contributed by atoms with van der Waals surface area (Å²) in [6.07, 6.45) is 3.04. The number of halogens is 1. The summed E-state index contributed by atoms with van der Waals surface area (Å²) >= 11 is 10.2. The van der Waals surface area contributed by atoms with Gasteiger partial charge in [0.1, 0.15) is 4.83 Å². The van der Waals surface area contributed by atoms with Crippen LogP contribution in [-0.2, 0) is 12.8 Å². The number of hydrogen-bond donors (Lipinski definition) is 0. The summed E-state index contributed by atoms with van der Waals surface area (Å²) in [5.41, 5.74) is 2.96. The summed E-state index contributed by atoms with van der Waals surface area (Å²) in [6, 6.07) is 11.3. The van der Waals surface area contributed by atoms with Gasteiger partial charge in [-0.1, -0.05) is 35.5 Å². The average molecular weight is 473 g/mol. The molecule has 4 nitrogen and oxygen atoms in total. The van der Waals surface area contributed by atoms with Gasteiger partial charge in [-0.25, -0.2) is 4.98 Å². The molecule has 5 rings (SSSR count). The summed E-state index contributed by atoms with van der Waals surface area (Å²) in [6.45, 7) is 2.00. The number of thiophene rings is 2. The Morgan fingerprint density at radius 3 is 2.87 bits per heavy atom. The number of carbonyl (C=O) groups excluding carboxylic acids is 1. The predicted molar refractivity (Wildman–Crippen MR) is 126 cm³/mol. The third-order valence-corrected chi connectivity index (χ3v) is 8.54. The Hall–Kier alpha value is -1.93. The first-order chi connectivity index (χ1) is 14.5. The number of aromatic nitrogens is 2. The number of Topliss-reactive ketones (excluding diaryl/α,β-unsaturated/α-hetero) is 1. The Labute approximate surface area is 190 Å². The minimum absolute atomic E-state index is 0.0179. The summed E-state index contributed by atoms with van der Waals surface area (Å²) in [5.74, 6) is 0.182. The Balaban J connectivity index is 1.61. The fourth-order valence-corrected chi connectivity index (χ4v) is 7.05. The Morgan fingerprint density at radius 2 is 2.10 bits per heavy atom. The molecular weight excluding hydrogens is 456 g/mol. The predicted octanol–water partition coefficient (Wildman–Crippen LogP) is 5.93. The van der Waals surface area contributed by atoms with Gasteiger partial charge in [0.2, 0.25) is 0 Å². The summed E-state index contributed by atoms with van der Waals surface area (Å²) in [5, 5.41) is 1.30. The molecule has 0 aliphatic heterocycles. The van der Waals surface area contributed by atoms with E-state index in [2.05, 4.69) is 0 Å². The van der Waals surface area contributed by atoms with Gasteiger partial charge >= 0.3 is 0 Å². The second-order valence-corrected chi connectivity index (χ2v) is 11.0. The quantitative estimate of drug-likeness (QED) is 0.205. The molecule has 0 spiro atoms. The summed E-state index contributed by atoms with van der Waals surface area (Å²) in [7, 11) is 0. The van der Waals surface area contributed by atoms with Crippen molar-refractivity contribution in [1.29, 1.82) is 0 Å². The molecule has 0 fully saturated rings. The minimum Gasteiger partial charge on any atom is -0.292 e. The van der Waals surface area contributed by atoms with Crippen LogP contribution >= 0.6 is 46.0 Å². The van der Waals surface area contributed by atoms with Crippen molar-refractivity contribution in [2.24, 2.45) is 0 Å². The molecule has 0 radical (unpaired) electrons. The molecule has 4 aromatic rings. The van der Waals surface area contributed by atoms with Crippen molar-refractivity contribution in [2.75, 3.05) is 5.75 Å². The van der Waals surface area contributed by atoms with Crippen molar-refractivity contribution in [3.63, 3.8) is 0 Å². The lowest BCUT2D eigenvalue weighted by Crippen LogP contribution is -2.22. The van der Waals surface area contributed by atoms with Gasteiger partial charge in [-0.3, -0.25) is 14.2 Å². The van der Waals surface area contributed by atoms with E-state index in [0.717, 1.165) is 46.3 Å². The zero-order valence-electron chi connectivity index (χ0n) is 16.1. The highest BCUT2D eigenvalue weighted by Gasteiger charge is 2.24. The normalized spacial score (nSPS) is 13.1. The first-order valence-electron chi connectivity index (χ1n) is 9.57. The molecule has 0 unspecified atom stereocenters. The van der Waals surface area contributed by atoms with E-state index >= 15 is 0 Å². The first kappa shape index (κ1) is 20.0. The van der Waals surface area contributed by atoms with Crippen LogP contribution in [0.15, 0.2) is 46.3 Å². The lowest BCUT2D eigenvalue weighted by atomic mass is 10.2. The van der Waals surface area contributed by atoms with Crippen LogP contribution in [0.2, 0.25) is 4.34 Å². The van der Waals surface area contributed by atoms with E-state index in [9.17, 15) is 9.59 Å². The highest BCUT2D eigenvalue weighted by Crippen LogP contribution is 2.36. The molecular formula is C22H17ClN2O2S3. The van der Waals surface area contributed by atoms with Crippen molar-refractivity contribution < 1.29 is 4.79 Å². The number of hydrogen-bond acceptors (Lipinski definition) is 6. The number of thioether (sulfide) groups is 1. The number of aryl methyl sites for hydroxylation is 3. The van der Waals surface area contributed by atoms with Crippen molar-refractivity contribution >= 4 is 62.0 Å². The molecule has 0 saturated heterocycles. The third-order valence-electron chi connectivity index (χ3n) is 5.15. The largest absolute Gasteiger partial charge is 0.292 e. The maximum atomic E-state index is 13.6. The van der Waals surface area contributed by atoms with Crippen molar-refractivity contribution in [3.05, 3.63) is 72.0 Å². The van der Waals surface area contributed by atoms with Gasteiger partial charge in [-0.05, 0) is 61.6 Å². The van der Waals surface area contributed by atoms with E-state index in [4.69, 9.17) is 16.6 Å². The summed E-state index contributed by atoms with van der Waals surface area (Å²) < 4.78 is 2.26. The zero-order valence-corrected chi connectivity index (χ0v) is 19.3. The van der Waals surface area contributed by atoms with Crippen LogP contribution in [0.4, 0.5) is 0 Å². The molecule has 0 saturated carbocycles. The van der Waals surface area contributed by atoms with Crippen LogP contribution < -0.4 is 5.56 Å². The topological polar surface area (TPSA) is 52.0 Å². The van der Waals surface area contributed by atoms with Crippen LogP contribution in [0, 0.1) is 6.92 Å². The number of nitrogens with zero attached hydrogens (tertiary/aromatic N) is 2. The Kier molecular flexibility index (Phi) is 5.31. The van der Waals surface area contributed by atoms with E-state index in [0.29, 0.717) is 14.4 Å². The molecule has 0 bridgehead atoms. The molecule has 1 aromatic carbocycles. The molecule has 1 aliphatic carbocycles. The van der Waals surface area contributed by atoms with Crippen LogP contribution in [-0.4, -0.2) is 21.1 Å². The van der Waals surface area contributed by atoms with Crippen LogP contribution in [0.25, 0.3) is 15.9 Å². The molecule has 1 aliphatic rings. The third kappa shape index (κ3) is 3.54. The second kappa shape index (κ2) is 7.96. The van der Waals surface area contributed by atoms with E-state index in [-0.39, 0.29) is 17.1 Å². The highest BCUT2D eigenvalue weighted by molar-refractivity contribution is 7.99. The number of carbonyl (C=O) groups is 1. The van der Waals surface area contributed by atoms with Gasteiger partial charge in [-0.2, -0.15) is 0 Å². The van der Waals surface area contributed by atoms with Gasteiger partial charge in [-0.15, -0.1) is 22.7 Å². The van der Waals surface area contributed by atoms with Crippen molar-refractivity contribution in [2.45, 2.75) is 31.3 Å². The number of fused-ring (bicyclic) bond motifs is 3. The lowest BCUT2D eigenvalue weighted by molar-refractivity contribution is 0.102. The lowest BCUT2D eigenvalue weighted by Gasteiger charge is -2.12. The van der Waals surface area contributed by atoms with Gasteiger partial charge < -0.3 is 0 Å². The molecule has 3 aromatic heterocycles. The van der Waals surface area contributed by atoms with Gasteiger partial charge in [0.15, 0.2) is 10.9 Å². The van der Waals surface area contributed by atoms with Gasteiger partial charge in [0.05, 0.1) is 26.0 Å². The molecule has 0 amide bonds. The number of rotatable bonds is 5. The SMILES string of the molecule is Cc1cccc(-n2c(SCC(=O)c3ccc(Cl)s3)nc3sc4c(c3c2=O)CCC4)c1. The van der Waals surface area contributed by atoms with Crippen molar-refractivity contribution in [1.82, 2.24) is 9.55 Å². The van der Waals surface area contributed by atoms with E-state index < -0.39 is 0 Å².